The molecule has 0 saturated carbocycles. The molecule has 106 valence electrons. The number of methoxy groups -OCH3 is 1. The third kappa shape index (κ3) is 4.11. The second-order valence-corrected chi connectivity index (χ2v) is 5.15. The molecule has 1 heterocycles. The summed E-state index contributed by atoms with van der Waals surface area (Å²) in [5.41, 5.74) is 1.29. The zero-order valence-electron chi connectivity index (χ0n) is 11.9. The number of nitrogens with one attached hydrogen (secondary N) is 1. The van der Waals surface area contributed by atoms with E-state index in [0.717, 1.165) is 30.9 Å². The van der Waals surface area contributed by atoms with Crippen LogP contribution in [0.25, 0.3) is 0 Å². The Bertz CT molecular complexity index is 408. The minimum Gasteiger partial charge on any atom is -0.454 e. The van der Waals surface area contributed by atoms with Crippen molar-refractivity contribution in [3.8, 4) is 11.5 Å². The first kappa shape index (κ1) is 14.2. The predicted octanol–water partition coefficient (Wildman–Crippen LogP) is 2.36. The molecule has 0 bridgehead atoms. The summed E-state index contributed by atoms with van der Waals surface area (Å²) in [6.45, 7) is 5.43. The fourth-order valence-electron chi connectivity index (χ4n) is 2.35. The van der Waals surface area contributed by atoms with Crippen molar-refractivity contribution in [3.05, 3.63) is 23.8 Å². The van der Waals surface area contributed by atoms with Gasteiger partial charge in [0.05, 0.1) is 6.61 Å². The molecule has 0 amide bonds. The first-order valence-corrected chi connectivity index (χ1v) is 6.82. The van der Waals surface area contributed by atoms with E-state index in [4.69, 9.17) is 14.2 Å². The first-order valence-electron chi connectivity index (χ1n) is 6.82. The molecule has 19 heavy (non-hydrogen) atoms. The van der Waals surface area contributed by atoms with Gasteiger partial charge in [-0.05, 0) is 44.4 Å². The van der Waals surface area contributed by atoms with Gasteiger partial charge < -0.3 is 19.5 Å². The summed E-state index contributed by atoms with van der Waals surface area (Å²) < 4.78 is 15.8. The van der Waals surface area contributed by atoms with E-state index in [9.17, 15) is 0 Å². The quantitative estimate of drug-likeness (QED) is 0.821. The van der Waals surface area contributed by atoms with Crippen LogP contribution in [0.1, 0.15) is 25.8 Å². The van der Waals surface area contributed by atoms with Crippen molar-refractivity contribution in [2.75, 3.05) is 20.5 Å². The maximum atomic E-state index is 5.39. The predicted molar refractivity (Wildman–Crippen MR) is 74.8 cm³/mol. The second-order valence-electron chi connectivity index (χ2n) is 5.15. The molecule has 2 rings (SSSR count). The number of hydrogen-bond donors (Lipinski definition) is 1. The van der Waals surface area contributed by atoms with Crippen molar-refractivity contribution < 1.29 is 14.2 Å². The highest BCUT2D eigenvalue weighted by Gasteiger charge is 2.13. The summed E-state index contributed by atoms with van der Waals surface area (Å²) in [7, 11) is 1.73. The van der Waals surface area contributed by atoms with Crippen molar-refractivity contribution in [2.24, 2.45) is 0 Å². The van der Waals surface area contributed by atoms with Gasteiger partial charge in [0.25, 0.3) is 0 Å². The van der Waals surface area contributed by atoms with Crippen LogP contribution in [0.4, 0.5) is 0 Å². The molecular formula is C15H23NO3. The van der Waals surface area contributed by atoms with Crippen LogP contribution in [-0.2, 0) is 11.2 Å². The lowest BCUT2D eigenvalue weighted by Gasteiger charge is -2.19. The molecule has 1 aliphatic heterocycles. The van der Waals surface area contributed by atoms with Gasteiger partial charge in [-0.25, -0.2) is 0 Å². The summed E-state index contributed by atoms with van der Waals surface area (Å²) in [5, 5.41) is 3.52. The van der Waals surface area contributed by atoms with Crippen molar-refractivity contribution >= 4 is 0 Å². The average molecular weight is 265 g/mol. The molecule has 1 aliphatic rings. The molecule has 0 fully saturated rings. The maximum Gasteiger partial charge on any atom is 0.231 e. The number of rotatable bonds is 7. The highest BCUT2D eigenvalue weighted by molar-refractivity contribution is 5.44. The van der Waals surface area contributed by atoms with Gasteiger partial charge in [0.15, 0.2) is 11.5 Å². The van der Waals surface area contributed by atoms with Gasteiger partial charge in [-0.1, -0.05) is 6.07 Å². The topological polar surface area (TPSA) is 39.7 Å². The lowest BCUT2D eigenvalue weighted by Crippen LogP contribution is -2.37. The molecule has 1 aromatic carbocycles. The molecule has 0 aromatic heterocycles. The molecular weight excluding hydrogens is 242 g/mol. The maximum absolute atomic E-state index is 5.39. The van der Waals surface area contributed by atoms with E-state index in [2.05, 4.69) is 31.3 Å². The summed E-state index contributed by atoms with van der Waals surface area (Å²) >= 11 is 0. The number of ether oxygens (including phenoxy) is 3. The van der Waals surface area contributed by atoms with E-state index >= 15 is 0 Å². The van der Waals surface area contributed by atoms with Gasteiger partial charge in [0.1, 0.15) is 0 Å². The fourth-order valence-corrected chi connectivity index (χ4v) is 2.35. The monoisotopic (exact) mass is 265 g/mol. The van der Waals surface area contributed by atoms with E-state index in [0.29, 0.717) is 18.9 Å². The van der Waals surface area contributed by atoms with Gasteiger partial charge in [0, 0.05) is 19.2 Å². The summed E-state index contributed by atoms with van der Waals surface area (Å²) in [5.74, 6) is 1.72. The largest absolute Gasteiger partial charge is 0.454 e. The Balaban J connectivity index is 1.78. The molecule has 2 atom stereocenters. The molecule has 0 aliphatic carbocycles. The van der Waals surface area contributed by atoms with Crippen LogP contribution in [0.5, 0.6) is 11.5 Å². The van der Waals surface area contributed by atoms with E-state index in [1.165, 1.54) is 5.56 Å². The first-order chi connectivity index (χ1) is 9.19. The number of benzene rings is 1. The third-order valence-corrected chi connectivity index (χ3v) is 3.29. The van der Waals surface area contributed by atoms with E-state index in [-0.39, 0.29) is 0 Å². The number of aryl methyl sites for hydroxylation is 1. The molecule has 2 unspecified atom stereocenters. The Labute approximate surface area is 115 Å². The molecule has 0 radical (unpaired) electrons. The number of fused-ring (bicyclic) bond motifs is 1. The Morgan fingerprint density at radius 1 is 1.21 bits per heavy atom. The van der Waals surface area contributed by atoms with Gasteiger partial charge in [-0.2, -0.15) is 0 Å². The van der Waals surface area contributed by atoms with Crippen LogP contribution in [0.3, 0.4) is 0 Å². The third-order valence-electron chi connectivity index (χ3n) is 3.29. The lowest BCUT2D eigenvalue weighted by atomic mass is 10.1. The van der Waals surface area contributed by atoms with Gasteiger partial charge in [0.2, 0.25) is 6.79 Å². The van der Waals surface area contributed by atoms with Crippen molar-refractivity contribution in [3.63, 3.8) is 0 Å². The van der Waals surface area contributed by atoms with Crippen molar-refractivity contribution in [1.29, 1.82) is 0 Å². The van der Waals surface area contributed by atoms with Crippen molar-refractivity contribution in [2.45, 2.75) is 38.8 Å². The Hall–Kier alpha value is -1.26. The van der Waals surface area contributed by atoms with Crippen LogP contribution in [-0.4, -0.2) is 32.6 Å². The lowest BCUT2D eigenvalue weighted by molar-refractivity contribution is 0.167. The van der Waals surface area contributed by atoms with Gasteiger partial charge in [-0.15, -0.1) is 0 Å². The SMILES string of the molecule is COCC(C)NC(C)CCc1ccc2c(c1)OCO2. The van der Waals surface area contributed by atoms with Crippen LogP contribution in [0.2, 0.25) is 0 Å². The standard InChI is InChI=1S/C15H23NO3/c1-11(16-12(2)9-17-3)4-5-13-6-7-14-15(8-13)19-10-18-14/h6-8,11-12,16H,4-5,9-10H2,1-3H3. The highest BCUT2D eigenvalue weighted by atomic mass is 16.7. The van der Waals surface area contributed by atoms with E-state index in [1.54, 1.807) is 7.11 Å². The zero-order valence-corrected chi connectivity index (χ0v) is 11.9. The fraction of sp³-hybridized carbons (Fsp3) is 0.600. The zero-order chi connectivity index (χ0) is 13.7. The van der Waals surface area contributed by atoms with Crippen LogP contribution >= 0.6 is 0 Å². The minimum atomic E-state index is 0.339. The molecule has 1 N–H and O–H groups in total. The molecule has 0 saturated heterocycles. The minimum absolute atomic E-state index is 0.339. The van der Waals surface area contributed by atoms with Crippen LogP contribution in [0.15, 0.2) is 18.2 Å². The van der Waals surface area contributed by atoms with Crippen LogP contribution in [0, 0.1) is 0 Å². The second kappa shape index (κ2) is 6.78. The van der Waals surface area contributed by atoms with Crippen LogP contribution < -0.4 is 14.8 Å². The van der Waals surface area contributed by atoms with E-state index < -0.39 is 0 Å². The molecule has 4 heteroatoms. The normalized spacial score (nSPS) is 16.4. The molecule has 4 nitrogen and oxygen atoms in total. The Morgan fingerprint density at radius 3 is 2.79 bits per heavy atom. The Morgan fingerprint density at radius 2 is 2.00 bits per heavy atom. The Kier molecular flexibility index (Phi) is 5.05. The summed E-state index contributed by atoms with van der Waals surface area (Å²) in [6.07, 6.45) is 2.12. The molecule has 1 aromatic rings. The summed E-state index contributed by atoms with van der Waals surface area (Å²) in [6, 6.07) is 7.03. The highest BCUT2D eigenvalue weighted by Crippen LogP contribution is 2.32. The number of hydrogen-bond acceptors (Lipinski definition) is 4. The van der Waals surface area contributed by atoms with Gasteiger partial charge >= 0.3 is 0 Å². The summed E-state index contributed by atoms with van der Waals surface area (Å²) in [4.78, 5) is 0. The average Bonchev–Trinajstić information content (AvgIpc) is 2.83. The smallest absolute Gasteiger partial charge is 0.231 e. The van der Waals surface area contributed by atoms with E-state index in [1.807, 2.05) is 6.07 Å². The van der Waals surface area contributed by atoms with Crippen molar-refractivity contribution in [1.82, 2.24) is 5.32 Å². The van der Waals surface area contributed by atoms with Gasteiger partial charge in [-0.3, -0.25) is 0 Å². The molecule has 0 spiro atoms.